The normalized spacial score (nSPS) is 14.4. The number of non-ortho nitro benzene ring substituents is 1. The molecule has 44 heavy (non-hydrogen) atoms. The first-order valence-corrected chi connectivity index (χ1v) is 14.0. The number of allylic oxidation sites excluding steroid dienone is 1. The molecule has 0 spiro atoms. The van der Waals surface area contributed by atoms with Gasteiger partial charge in [0, 0.05) is 6.07 Å². The summed E-state index contributed by atoms with van der Waals surface area (Å²) in [4.78, 5) is 52.8. The first kappa shape index (κ1) is 29.8. The zero-order valence-electron chi connectivity index (χ0n) is 23.6. The summed E-state index contributed by atoms with van der Waals surface area (Å²) in [6.07, 6.45) is 1.66. The minimum atomic E-state index is -0.772. The summed E-state index contributed by atoms with van der Waals surface area (Å²) in [5.74, 6) is 0.144. The second kappa shape index (κ2) is 12.3. The number of carbonyl (C=O) groups excluding carboxylic acids is 1. The predicted molar refractivity (Wildman–Crippen MR) is 160 cm³/mol. The molecule has 5 rings (SSSR count). The number of esters is 1. The van der Waals surface area contributed by atoms with Gasteiger partial charge in [-0.3, -0.25) is 29.6 Å². The fourth-order valence-corrected chi connectivity index (χ4v) is 5.70. The molecule has 1 aliphatic rings. The largest absolute Gasteiger partial charge is 0.497 e. The molecule has 0 unspecified atom stereocenters. The van der Waals surface area contributed by atoms with Gasteiger partial charge < -0.3 is 14.2 Å². The van der Waals surface area contributed by atoms with Gasteiger partial charge in [-0.25, -0.2) is 9.79 Å². The molecule has 3 aromatic carbocycles. The Bertz CT molecular complexity index is 2000. The van der Waals surface area contributed by atoms with E-state index in [-0.39, 0.29) is 29.2 Å². The van der Waals surface area contributed by atoms with Gasteiger partial charge in [0.05, 0.1) is 51.5 Å². The van der Waals surface area contributed by atoms with E-state index < -0.39 is 33.2 Å². The molecule has 0 amide bonds. The van der Waals surface area contributed by atoms with Gasteiger partial charge in [-0.15, -0.1) is 0 Å². The number of nitro benzene ring substituents is 2. The van der Waals surface area contributed by atoms with Gasteiger partial charge in [0.1, 0.15) is 11.5 Å². The summed E-state index contributed by atoms with van der Waals surface area (Å²) in [7, 11) is 1.55. The van der Waals surface area contributed by atoms with Crippen molar-refractivity contribution in [2.24, 2.45) is 4.99 Å². The highest BCUT2D eigenvalue weighted by Gasteiger charge is 2.33. The summed E-state index contributed by atoms with van der Waals surface area (Å²) < 4.78 is 18.1. The van der Waals surface area contributed by atoms with Gasteiger partial charge >= 0.3 is 11.7 Å². The number of rotatable bonds is 9. The minimum Gasteiger partial charge on any atom is -0.497 e. The quantitative estimate of drug-likeness (QED) is 0.150. The molecule has 1 atom stereocenters. The van der Waals surface area contributed by atoms with E-state index in [1.165, 1.54) is 15.9 Å². The van der Waals surface area contributed by atoms with E-state index in [1.54, 1.807) is 75.6 Å². The van der Waals surface area contributed by atoms with Gasteiger partial charge in [0.25, 0.3) is 11.2 Å². The Kier molecular flexibility index (Phi) is 8.35. The Labute approximate surface area is 252 Å². The van der Waals surface area contributed by atoms with E-state index in [2.05, 4.69) is 4.99 Å². The average molecular weight is 617 g/mol. The van der Waals surface area contributed by atoms with Gasteiger partial charge in [-0.05, 0) is 61.4 Å². The van der Waals surface area contributed by atoms with Gasteiger partial charge in [-0.2, -0.15) is 0 Å². The summed E-state index contributed by atoms with van der Waals surface area (Å²) >= 11 is 1.17. The fourth-order valence-electron chi connectivity index (χ4n) is 4.65. The Morgan fingerprint density at radius 1 is 1.02 bits per heavy atom. The highest BCUT2D eigenvalue weighted by molar-refractivity contribution is 7.07. The number of benzene rings is 3. The van der Waals surface area contributed by atoms with Crippen molar-refractivity contribution in [1.82, 2.24) is 4.57 Å². The number of hydrogen-bond acceptors (Lipinski definition) is 11. The number of hydrogen-bond donors (Lipinski definition) is 0. The van der Waals surface area contributed by atoms with Gasteiger partial charge in [0.2, 0.25) is 5.75 Å². The van der Waals surface area contributed by atoms with E-state index in [9.17, 15) is 29.8 Å². The molecule has 14 heteroatoms. The standard InChI is InChI=1S/C30H24N4O9S/c1-4-42-29(36)26-17(2)31-30-32(27(26)19-7-12-21(41-3)13-8-19)28(35)25(44-30)15-18-5-10-22(11-6-18)43-24-14-9-20(33(37)38)16-23(24)34(39)40/h5-16,27H,4H2,1-3H3/b25-15+/t27-/m1/s1. The van der Waals surface area contributed by atoms with Crippen LogP contribution in [0.3, 0.4) is 0 Å². The van der Waals surface area contributed by atoms with Crippen molar-refractivity contribution in [3.8, 4) is 17.2 Å². The number of fused-ring (bicyclic) bond motifs is 1. The zero-order chi connectivity index (χ0) is 31.5. The lowest BCUT2D eigenvalue weighted by molar-refractivity contribution is -0.394. The first-order chi connectivity index (χ1) is 21.1. The molecule has 0 saturated heterocycles. The second-order valence-corrected chi connectivity index (χ2v) is 10.4. The molecule has 0 N–H and O–H groups in total. The lowest BCUT2D eigenvalue weighted by Gasteiger charge is -2.24. The molecule has 0 radical (unpaired) electrons. The van der Waals surface area contributed by atoms with E-state index in [0.717, 1.165) is 18.2 Å². The number of aromatic nitrogens is 1. The zero-order valence-corrected chi connectivity index (χ0v) is 24.4. The molecule has 0 saturated carbocycles. The third-order valence-corrected chi connectivity index (χ3v) is 7.69. The van der Waals surface area contributed by atoms with Crippen molar-refractivity contribution < 1.29 is 28.9 Å². The maximum absolute atomic E-state index is 13.8. The van der Waals surface area contributed by atoms with Crippen LogP contribution in [0.5, 0.6) is 17.2 Å². The number of nitro groups is 2. The molecular formula is C30H24N4O9S. The molecule has 1 aliphatic heterocycles. The van der Waals surface area contributed by atoms with Crippen molar-refractivity contribution in [2.45, 2.75) is 19.9 Å². The minimum absolute atomic E-state index is 0.159. The maximum atomic E-state index is 13.8. The van der Waals surface area contributed by atoms with Crippen LogP contribution in [-0.4, -0.2) is 34.1 Å². The Hall–Kier alpha value is -5.63. The smallest absolute Gasteiger partial charge is 0.338 e. The van der Waals surface area contributed by atoms with Crippen molar-refractivity contribution >= 4 is 34.8 Å². The van der Waals surface area contributed by atoms with Crippen LogP contribution in [-0.2, 0) is 9.53 Å². The van der Waals surface area contributed by atoms with Gasteiger partial charge in [-0.1, -0.05) is 35.6 Å². The Balaban J connectivity index is 1.51. The molecule has 0 fully saturated rings. The van der Waals surface area contributed by atoms with Crippen LogP contribution in [0, 0.1) is 20.2 Å². The molecule has 13 nitrogen and oxygen atoms in total. The maximum Gasteiger partial charge on any atom is 0.338 e. The van der Waals surface area contributed by atoms with Crippen LogP contribution in [0.2, 0.25) is 0 Å². The van der Waals surface area contributed by atoms with Crippen LogP contribution >= 0.6 is 11.3 Å². The molecular weight excluding hydrogens is 592 g/mol. The van der Waals surface area contributed by atoms with Crippen LogP contribution in [0.25, 0.3) is 6.08 Å². The number of nitrogens with zero attached hydrogens (tertiary/aromatic N) is 4. The number of thiazole rings is 1. The topological polar surface area (TPSA) is 165 Å². The highest BCUT2D eigenvalue weighted by Crippen LogP contribution is 2.35. The SMILES string of the molecule is CCOC(=O)C1=C(C)N=c2s/c(=C/c3ccc(Oc4ccc([N+](=O)[O-])cc4[N+](=O)[O-])cc3)c(=O)n2[C@@H]1c1ccc(OC)cc1. The van der Waals surface area contributed by atoms with E-state index in [1.807, 2.05) is 0 Å². The Morgan fingerprint density at radius 3 is 2.32 bits per heavy atom. The van der Waals surface area contributed by atoms with Crippen molar-refractivity contribution in [3.63, 3.8) is 0 Å². The second-order valence-electron chi connectivity index (χ2n) is 9.41. The third-order valence-electron chi connectivity index (χ3n) is 6.70. The summed E-state index contributed by atoms with van der Waals surface area (Å²) in [5, 5.41) is 22.4. The molecule has 0 bridgehead atoms. The van der Waals surface area contributed by atoms with E-state index in [4.69, 9.17) is 14.2 Å². The lowest BCUT2D eigenvalue weighted by Crippen LogP contribution is -2.39. The van der Waals surface area contributed by atoms with Crippen molar-refractivity contribution in [1.29, 1.82) is 0 Å². The predicted octanol–water partition coefficient (Wildman–Crippen LogP) is 4.42. The third kappa shape index (κ3) is 5.83. The summed E-state index contributed by atoms with van der Waals surface area (Å²) in [6.45, 7) is 3.56. The first-order valence-electron chi connectivity index (χ1n) is 13.2. The number of ether oxygens (including phenoxy) is 3. The monoisotopic (exact) mass is 616 g/mol. The van der Waals surface area contributed by atoms with Crippen LogP contribution in [0.4, 0.5) is 11.4 Å². The van der Waals surface area contributed by atoms with Crippen molar-refractivity contribution in [2.75, 3.05) is 13.7 Å². The summed E-state index contributed by atoms with van der Waals surface area (Å²) in [5.41, 5.74) is 0.677. The highest BCUT2D eigenvalue weighted by atomic mass is 32.1. The Morgan fingerprint density at radius 2 is 1.70 bits per heavy atom. The number of methoxy groups -OCH3 is 1. The summed E-state index contributed by atoms with van der Waals surface area (Å²) in [6, 6.07) is 15.8. The van der Waals surface area contributed by atoms with Crippen LogP contribution < -0.4 is 24.4 Å². The molecule has 4 aromatic rings. The lowest BCUT2D eigenvalue weighted by atomic mass is 9.96. The van der Waals surface area contributed by atoms with E-state index >= 15 is 0 Å². The molecule has 224 valence electrons. The van der Waals surface area contributed by atoms with Crippen molar-refractivity contribution in [3.05, 3.63) is 129 Å². The molecule has 1 aromatic heterocycles. The average Bonchev–Trinajstić information content (AvgIpc) is 3.31. The van der Waals surface area contributed by atoms with Crippen LogP contribution in [0.1, 0.15) is 31.0 Å². The van der Waals surface area contributed by atoms with Gasteiger partial charge in [0.15, 0.2) is 4.80 Å². The number of carbonyl (C=O) groups is 1. The molecule has 0 aliphatic carbocycles. The van der Waals surface area contributed by atoms with Crippen LogP contribution in [0.15, 0.2) is 87.8 Å². The molecule has 2 heterocycles. The fraction of sp³-hybridized carbons (Fsp3) is 0.167. The van der Waals surface area contributed by atoms with E-state index in [0.29, 0.717) is 31.9 Å².